The highest BCUT2D eigenvalue weighted by atomic mass is 19.1. The zero-order chi connectivity index (χ0) is 16.3. The van der Waals surface area contributed by atoms with Gasteiger partial charge < -0.3 is 9.84 Å². The molecule has 1 aliphatic carbocycles. The van der Waals surface area contributed by atoms with E-state index >= 15 is 0 Å². The molecule has 1 aromatic rings. The Hall–Kier alpha value is -2.54. The molecule has 0 amide bonds. The van der Waals surface area contributed by atoms with Crippen molar-refractivity contribution in [3.8, 4) is 0 Å². The molecule has 0 bridgehead atoms. The van der Waals surface area contributed by atoms with Gasteiger partial charge in [0.15, 0.2) is 11.9 Å². The van der Waals surface area contributed by atoms with E-state index in [1.54, 1.807) is 24.3 Å². The molecule has 1 aliphatic rings. The highest BCUT2D eigenvalue weighted by Crippen LogP contribution is 2.32. The van der Waals surface area contributed by atoms with Crippen LogP contribution in [0.1, 0.15) is 12.5 Å². The van der Waals surface area contributed by atoms with Gasteiger partial charge in [0.1, 0.15) is 12.4 Å². The number of hydrogen-bond donors (Lipinski definition) is 1. The first-order valence-electron chi connectivity index (χ1n) is 6.48. The summed E-state index contributed by atoms with van der Waals surface area (Å²) in [4.78, 5) is 21.4. The van der Waals surface area contributed by atoms with E-state index in [0.717, 1.165) is 24.6 Å². The number of carbonyl (C=O) groups excluding carboxylic acids is 1. The van der Waals surface area contributed by atoms with Gasteiger partial charge in [-0.1, -0.05) is 30.3 Å². The van der Waals surface area contributed by atoms with Crippen molar-refractivity contribution in [1.29, 1.82) is 0 Å². The minimum Gasteiger partial charge on any atom is -0.489 e. The Labute approximate surface area is 125 Å². The smallest absolute Gasteiger partial charge is 0.282 e. The lowest BCUT2D eigenvalue weighted by atomic mass is 9.88. The number of allylic oxidation sites excluding steroid dienone is 1. The van der Waals surface area contributed by atoms with Crippen LogP contribution >= 0.6 is 0 Å². The van der Waals surface area contributed by atoms with Crippen molar-refractivity contribution in [2.45, 2.75) is 25.3 Å². The molecule has 2 rings (SSSR count). The molecule has 1 N–H and O–H groups in total. The van der Waals surface area contributed by atoms with Crippen LogP contribution in [0, 0.1) is 10.1 Å². The lowest BCUT2D eigenvalue weighted by molar-refractivity contribution is -0.439. The summed E-state index contributed by atoms with van der Waals surface area (Å²) in [5.41, 5.74) is -2.91. The normalized spacial score (nSPS) is 24.2. The monoisotopic (exact) mass is 307 g/mol. The molecule has 0 spiro atoms. The number of hydrogen-bond acceptors (Lipinski definition) is 5. The van der Waals surface area contributed by atoms with E-state index in [4.69, 9.17) is 4.74 Å². The first-order valence-corrected chi connectivity index (χ1v) is 6.48. The number of aliphatic hydroxyl groups excluding tert-OH is 1. The Bertz CT molecular complexity index is 655. The van der Waals surface area contributed by atoms with Crippen LogP contribution < -0.4 is 0 Å². The number of aliphatic hydroxyl groups is 1. The lowest BCUT2D eigenvalue weighted by Crippen LogP contribution is -2.47. The first kappa shape index (κ1) is 15.8. The summed E-state index contributed by atoms with van der Waals surface area (Å²) < 4.78 is 19.9. The molecule has 0 radical (unpaired) electrons. The van der Waals surface area contributed by atoms with Crippen LogP contribution in [0.15, 0.2) is 53.9 Å². The van der Waals surface area contributed by atoms with E-state index in [0.29, 0.717) is 0 Å². The summed E-state index contributed by atoms with van der Waals surface area (Å²) in [5.74, 6) is -1.20. The van der Waals surface area contributed by atoms with E-state index in [2.05, 4.69) is 0 Å². The molecule has 0 aromatic heterocycles. The number of alkyl halides is 1. The highest BCUT2D eigenvalue weighted by molar-refractivity contribution is 5.89. The molecule has 0 fully saturated rings. The Balaban J connectivity index is 2.28. The topological polar surface area (TPSA) is 89.7 Å². The third-order valence-electron chi connectivity index (χ3n) is 3.32. The van der Waals surface area contributed by atoms with Gasteiger partial charge in [0, 0.05) is 6.08 Å². The van der Waals surface area contributed by atoms with Crippen LogP contribution in [0.4, 0.5) is 4.39 Å². The van der Waals surface area contributed by atoms with Crippen molar-refractivity contribution in [2.75, 3.05) is 0 Å². The van der Waals surface area contributed by atoms with Gasteiger partial charge in [-0.25, -0.2) is 4.39 Å². The number of benzene rings is 1. The van der Waals surface area contributed by atoms with Crippen LogP contribution in [-0.2, 0) is 16.1 Å². The zero-order valence-corrected chi connectivity index (χ0v) is 11.7. The summed E-state index contributed by atoms with van der Waals surface area (Å²) in [6.45, 7) is 0.968. The number of ketones is 1. The maximum atomic E-state index is 14.6. The van der Waals surface area contributed by atoms with Crippen molar-refractivity contribution < 1.29 is 24.0 Å². The number of Topliss-reactive ketones (excluding diaryl/α,β-unsaturated/α-hetero) is 1. The second-order valence-electron chi connectivity index (χ2n) is 4.87. The minimum absolute atomic E-state index is 0.0538. The second kappa shape index (κ2) is 6.07. The second-order valence-corrected chi connectivity index (χ2v) is 4.87. The first-order chi connectivity index (χ1) is 10.3. The molecular weight excluding hydrogens is 293 g/mol. The maximum absolute atomic E-state index is 14.6. The van der Waals surface area contributed by atoms with E-state index in [9.17, 15) is 24.4 Å². The molecule has 22 heavy (non-hydrogen) atoms. The number of nitrogens with zero attached hydrogens (tertiary/aromatic N) is 1. The summed E-state index contributed by atoms with van der Waals surface area (Å²) >= 11 is 0. The SMILES string of the molecule is CC(=O)C1(F)C=C(OCc2ccccc2)C=C([N+](=O)[O-])C1O. The highest BCUT2D eigenvalue weighted by Gasteiger charge is 2.50. The van der Waals surface area contributed by atoms with Crippen molar-refractivity contribution in [2.24, 2.45) is 0 Å². The van der Waals surface area contributed by atoms with Crippen LogP contribution in [0.3, 0.4) is 0 Å². The molecule has 0 saturated carbocycles. The van der Waals surface area contributed by atoms with Crippen LogP contribution in [0.2, 0.25) is 0 Å². The van der Waals surface area contributed by atoms with E-state index in [-0.39, 0.29) is 12.4 Å². The molecule has 2 unspecified atom stereocenters. The average Bonchev–Trinajstić information content (AvgIpc) is 2.49. The largest absolute Gasteiger partial charge is 0.489 e. The zero-order valence-electron chi connectivity index (χ0n) is 11.7. The fourth-order valence-electron chi connectivity index (χ4n) is 2.04. The van der Waals surface area contributed by atoms with Crippen molar-refractivity contribution in [3.63, 3.8) is 0 Å². The number of nitro groups is 1. The Morgan fingerprint density at radius 1 is 1.45 bits per heavy atom. The van der Waals surface area contributed by atoms with E-state index in [1.165, 1.54) is 0 Å². The van der Waals surface area contributed by atoms with Crippen molar-refractivity contribution >= 4 is 5.78 Å². The van der Waals surface area contributed by atoms with Gasteiger partial charge >= 0.3 is 0 Å². The molecule has 6 nitrogen and oxygen atoms in total. The van der Waals surface area contributed by atoms with Crippen molar-refractivity contribution in [3.05, 3.63) is 69.6 Å². The minimum atomic E-state index is -2.87. The molecule has 0 saturated heterocycles. The fourth-order valence-corrected chi connectivity index (χ4v) is 2.04. The van der Waals surface area contributed by atoms with Gasteiger partial charge in [0.25, 0.3) is 5.70 Å². The third kappa shape index (κ3) is 3.04. The average molecular weight is 307 g/mol. The Morgan fingerprint density at radius 2 is 2.09 bits per heavy atom. The van der Waals surface area contributed by atoms with Gasteiger partial charge in [0.2, 0.25) is 5.67 Å². The summed E-state index contributed by atoms with van der Waals surface area (Å²) in [6.07, 6.45) is -0.464. The van der Waals surface area contributed by atoms with Gasteiger partial charge in [-0.05, 0) is 12.5 Å². The summed E-state index contributed by atoms with van der Waals surface area (Å²) in [7, 11) is 0. The molecule has 116 valence electrons. The van der Waals surface area contributed by atoms with Crippen LogP contribution in [0.5, 0.6) is 0 Å². The molecule has 1 aromatic carbocycles. The summed E-state index contributed by atoms with van der Waals surface area (Å²) in [5, 5.41) is 20.6. The summed E-state index contributed by atoms with van der Waals surface area (Å²) in [6, 6.07) is 8.91. The number of halogens is 1. The number of carbonyl (C=O) groups is 1. The predicted octanol–water partition coefficient (Wildman–Crippen LogP) is 1.92. The lowest BCUT2D eigenvalue weighted by Gasteiger charge is -2.26. The molecule has 0 aliphatic heterocycles. The van der Waals surface area contributed by atoms with Crippen LogP contribution in [-0.4, -0.2) is 27.6 Å². The molecule has 2 atom stereocenters. The standard InChI is InChI=1S/C15H14FNO5/c1-10(18)15(16)8-12(7-13(14(15)19)17(20)21)22-9-11-5-3-2-4-6-11/h2-8,14,19H,9H2,1H3. The van der Waals surface area contributed by atoms with Gasteiger partial charge in [0.05, 0.1) is 11.0 Å². The molecule has 7 heteroatoms. The van der Waals surface area contributed by atoms with Gasteiger partial charge in [-0.2, -0.15) is 0 Å². The van der Waals surface area contributed by atoms with E-state index in [1.807, 2.05) is 6.07 Å². The fraction of sp³-hybridized carbons (Fsp3) is 0.267. The quantitative estimate of drug-likeness (QED) is 0.663. The number of rotatable bonds is 5. The number of ether oxygens (including phenoxy) is 1. The molecule has 0 heterocycles. The third-order valence-corrected chi connectivity index (χ3v) is 3.32. The molecular formula is C15H14FNO5. The maximum Gasteiger partial charge on any atom is 0.282 e. The van der Waals surface area contributed by atoms with Gasteiger partial charge in [-0.3, -0.25) is 14.9 Å². The Morgan fingerprint density at radius 3 is 2.64 bits per heavy atom. The van der Waals surface area contributed by atoms with Crippen molar-refractivity contribution in [1.82, 2.24) is 0 Å². The predicted molar refractivity (Wildman–Crippen MR) is 74.9 cm³/mol. The Kier molecular flexibility index (Phi) is 4.37. The van der Waals surface area contributed by atoms with Crippen LogP contribution in [0.25, 0.3) is 0 Å². The van der Waals surface area contributed by atoms with E-state index < -0.39 is 28.2 Å². The van der Waals surface area contributed by atoms with Gasteiger partial charge in [-0.15, -0.1) is 0 Å².